The zero-order valence-corrected chi connectivity index (χ0v) is 13.8. The van der Waals surface area contributed by atoms with Gasteiger partial charge in [0.2, 0.25) is 5.91 Å². The van der Waals surface area contributed by atoms with Crippen LogP contribution in [0, 0.1) is 24.5 Å². The van der Waals surface area contributed by atoms with Crippen molar-refractivity contribution in [2.24, 2.45) is 5.92 Å². The van der Waals surface area contributed by atoms with Crippen LogP contribution in [-0.2, 0) is 16.0 Å². The number of ketones is 1. The van der Waals surface area contributed by atoms with Crippen molar-refractivity contribution in [1.29, 1.82) is 0 Å². The Morgan fingerprint density at radius 3 is 2.64 bits per heavy atom. The minimum absolute atomic E-state index is 0.0696. The molecule has 3 rings (SSSR count). The van der Waals surface area contributed by atoms with Gasteiger partial charge in [0.25, 0.3) is 0 Å². The lowest BCUT2D eigenvalue weighted by Crippen LogP contribution is -2.23. The molecule has 0 unspecified atom stereocenters. The van der Waals surface area contributed by atoms with E-state index in [-0.39, 0.29) is 36.6 Å². The number of hydrogen-bond donors (Lipinski definition) is 1. The molecule has 130 valence electrons. The Labute approximate surface area is 144 Å². The first-order chi connectivity index (χ1) is 12.0. The van der Waals surface area contributed by atoms with E-state index in [0.29, 0.717) is 11.3 Å². The van der Waals surface area contributed by atoms with Crippen molar-refractivity contribution in [3.63, 3.8) is 0 Å². The number of halogens is 2. The van der Waals surface area contributed by atoms with Crippen LogP contribution in [0.15, 0.2) is 36.5 Å². The van der Waals surface area contributed by atoms with E-state index in [1.807, 2.05) is 0 Å². The minimum Gasteiger partial charge on any atom is -0.355 e. The Morgan fingerprint density at radius 1 is 1.28 bits per heavy atom. The third-order valence-corrected chi connectivity index (χ3v) is 4.46. The molecule has 0 radical (unpaired) electrons. The van der Waals surface area contributed by atoms with Crippen molar-refractivity contribution in [1.82, 2.24) is 10.3 Å². The first-order valence-corrected chi connectivity index (χ1v) is 8.10. The number of carbonyl (C=O) groups is 2. The molecule has 0 bridgehead atoms. The Kier molecular flexibility index (Phi) is 4.88. The Balaban J connectivity index is 1.80. The maximum atomic E-state index is 14.3. The molecule has 1 aliphatic rings. The van der Waals surface area contributed by atoms with E-state index >= 15 is 0 Å². The maximum absolute atomic E-state index is 14.3. The molecule has 1 saturated heterocycles. The molecule has 1 fully saturated rings. The normalized spacial score (nSPS) is 19.7. The zero-order valence-electron chi connectivity index (χ0n) is 13.8. The number of benzene rings is 1. The fraction of sp³-hybridized carbons (Fsp3) is 0.316. The molecular formula is C19H18F2N2O2. The van der Waals surface area contributed by atoms with Crippen molar-refractivity contribution >= 4 is 11.7 Å². The summed E-state index contributed by atoms with van der Waals surface area (Å²) in [6.07, 6.45) is 1.61. The molecule has 0 saturated carbocycles. The summed E-state index contributed by atoms with van der Waals surface area (Å²) in [4.78, 5) is 28.5. The molecule has 1 aliphatic heterocycles. The van der Waals surface area contributed by atoms with Gasteiger partial charge in [-0.3, -0.25) is 14.6 Å². The highest BCUT2D eigenvalue weighted by molar-refractivity contribution is 5.89. The highest BCUT2D eigenvalue weighted by Gasteiger charge is 2.39. The van der Waals surface area contributed by atoms with Gasteiger partial charge in [0.05, 0.1) is 5.92 Å². The summed E-state index contributed by atoms with van der Waals surface area (Å²) in [5, 5.41) is 2.62. The average molecular weight is 344 g/mol. The van der Waals surface area contributed by atoms with Crippen LogP contribution >= 0.6 is 0 Å². The number of hydrogen-bond acceptors (Lipinski definition) is 3. The predicted octanol–water partition coefficient (Wildman–Crippen LogP) is 2.70. The van der Waals surface area contributed by atoms with Gasteiger partial charge in [-0.2, -0.15) is 0 Å². The fourth-order valence-corrected chi connectivity index (χ4v) is 3.29. The summed E-state index contributed by atoms with van der Waals surface area (Å²) in [6.45, 7) is 1.72. The van der Waals surface area contributed by atoms with Crippen LogP contribution in [0.2, 0.25) is 0 Å². The number of nitrogens with one attached hydrogen (secondary N) is 1. The summed E-state index contributed by atoms with van der Waals surface area (Å²) in [5.74, 6) is -3.36. The number of carbonyl (C=O) groups excluding carboxylic acids is 2. The molecule has 1 N–H and O–H groups in total. The van der Waals surface area contributed by atoms with Crippen LogP contribution in [0.25, 0.3) is 0 Å². The van der Waals surface area contributed by atoms with Gasteiger partial charge in [0.1, 0.15) is 17.4 Å². The van der Waals surface area contributed by atoms with Gasteiger partial charge in [-0.05, 0) is 36.8 Å². The quantitative estimate of drug-likeness (QED) is 0.907. The van der Waals surface area contributed by atoms with Crippen LogP contribution in [-0.4, -0.2) is 23.2 Å². The minimum atomic E-state index is -0.775. The number of pyridine rings is 1. The fourth-order valence-electron chi connectivity index (χ4n) is 3.29. The highest BCUT2D eigenvalue weighted by Crippen LogP contribution is 2.35. The van der Waals surface area contributed by atoms with Gasteiger partial charge < -0.3 is 5.32 Å². The van der Waals surface area contributed by atoms with E-state index in [2.05, 4.69) is 10.3 Å². The molecule has 2 atom stereocenters. The molecule has 2 heterocycles. The summed E-state index contributed by atoms with van der Waals surface area (Å²) in [7, 11) is 0. The number of nitrogens with zero attached hydrogens (tertiary/aromatic N) is 1. The molecule has 1 aromatic heterocycles. The standard InChI is InChI=1S/C19H18F2N2O2/c1-11-6-16(20)18(17(21)7-11)15-10-23-19(25)14(15)9-13(24)8-12-4-2-3-5-22-12/h2-7,14-15H,8-10H2,1H3,(H,23,25)/t14-,15+/m0/s1. The number of aromatic nitrogens is 1. The van der Waals surface area contributed by atoms with Crippen molar-refractivity contribution in [2.75, 3.05) is 6.54 Å². The summed E-state index contributed by atoms with van der Waals surface area (Å²) in [5.41, 5.74) is 0.952. The predicted molar refractivity (Wildman–Crippen MR) is 87.9 cm³/mol. The largest absolute Gasteiger partial charge is 0.355 e. The molecule has 0 aliphatic carbocycles. The number of rotatable bonds is 5. The van der Waals surface area contributed by atoms with E-state index in [1.165, 1.54) is 12.1 Å². The lowest BCUT2D eigenvalue weighted by molar-refractivity contribution is -0.127. The van der Waals surface area contributed by atoms with E-state index in [4.69, 9.17) is 0 Å². The van der Waals surface area contributed by atoms with Gasteiger partial charge in [-0.15, -0.1) is 0 Å². The molecule has 1 amide bonds. The van der Waals surface area contributed by atoms with E-state index in [9.17, 15) is 18.4 Å². The zero-order chi connectivity index (χ0) is 18.0. The Bertz CT molecular complexity index is 785. The highest BCUT2D eigenvalue weighted by atomic mass is 19.1. The number of aryl methyl sites for hydroxylation is 1. The van der Waals surface area contributed by atoms with Crippen molar-refractivity contribution in [3.8, 4) is 0 Å². The maximum Gasteiger partial charge on any atom is 0.224 e. The van der Waals surface area contributed by atoms with Crippen molar-refractivity contribution in [3.05, 3.63) is 65.0 Å². The Hall–Kier alpha value is -2.63. The van der Waals surface area contributed by atoms with E-state index in [0.717, 1.165) is 0 Å². The van der Waals surface area contributed by atoms with Crippen LogP contribution in [0.4, 0.5) is 8.78 Å². The van der Waals surface area contributed by atoms with Gasteiger partial charge in [-0.25, -0.2) is 8.78 Å². The Morgan fingerprint density at radius 2 is 2.00 bits per heavy atom. The smallest absolute Gasteiger partial charge is 0.224 e. The second kappa shape index (κ2) is 7.09. The third-order valence-electron chi connectivity index (χ3n) is 4.46. The molecule has 4 nitrogen and oxygen atoms in total. The molecule has 6 heteroatoms. The number of Topliss-reactive ketones (excluding diaryl/α,β-unsaturated/α-hetero) is 1. The van der Waals surface area contributed by atoms with Crippen molar-refractivity contribution in [2.45, 2.75) is 25.7 Å². The van der Waals surface area contributed by atoms with E-state index in [1.54, 1.807) is 31.3 Å². The topological polar surface area (TPSA) is 59.1 Å². The lowest BCUT2D eigenvalue weighted by Gasteiger charge is -2.18. The van der Waals surface area contributed by atoms with Crippen LogP contribution in [0.3, 0.4) is 0 Å². The molecular weight excluding hydrogens is 326 g/mol. The van der Waals surface area contributed by atoms with Gasteiger partial charge in [0.15, 0.2) is 0 Å². The summed E-state index contributed by atoms with van der Waals surface area (Å²) in [6, 6.07) is 7.74. The van der Waals surface area contributed by atoms with Crippen LogP contribution in [0.5, 0.6) is 0 Å². The summed E-state index contributed by atoms with van der Waals surface area (Å²) < 4.78 is 28.5. The molecule has 1 aromatic carbocycles. The first-order valence-electron chi connectivity index (χ1n) is 8.10. The molecule has 2 aromatic rings. The third kappa shape index (κ3) is 3.73. The molecule has 25 heavy (non-hydrogen) atoms. The average Bonchev–Trinajstić information content (AvgIpc) is 2.88. The van der Waals surface area contributed by atoms with Gasteiger partial charge in [-0.1, -0.05) is 6.07 Å². The molecule has 0 spiro atoms. The van der Waals surface area contributed by atoms with Crippen LogP contribution in [0.1, 0.15) is 29.2 Å². The van der Waals surface area contributed by atoms with Crippen molar-refractivity contribution < 1.29 is 18.4 Å². The second-order valence-electron chi connectivity index (χ2n) is 6.34. The van der Waals surface area contributed by atoms with Gasteiger partial charge >= 0.3 is 0 Å². The van der Waals surface area contributed by atoms with E-state index < -0.39 is 23.5 Å². The monoisotopic (exact) mass is 344 g/mol. The second-order valence-corrected chi connectivity index (χ2v) is 6.34. The van der Waals surface area contributed by atoms with Gasteiger partial charge in [0, 0.05) is 42.8 Å². The number of amides is 1. The van der Waals surface area contributed by atoms with Crippen LogP contribution < -0.4 is 5.32 Å². The first kappa shape index (κ1) is 17.2. The lowest BCUT2D eigenvalue weighted by atomic mass is 9.84. The SMILES string of the molecule is Cc1cc(F)c([C@@H]2CNC(=O)[C@H]2CC(=O)Cc2ccccn2)c(F)c1. The summed E-state index contributed by atoms with van der Waals surface area (Å²) >= 11 is 0.